The fraction of sp³-hybridized carbons (Fsp3) is 0.462. The van der Waals surface area contributed by atoms with Gasteiger partial charge in [0.25, 0.3) is 0 Å². The zero-order valence-corrected chi connectivity index (χ0v) is 11.2. The van der Waals surface area contributed by atoms with Crippen LogP contribution in [0, 0.1) is 0 Å². The van der Waals surface area contributed by atoms with Crippen molar-refractivity contribution in [2.45, 2.75) is 31.3 Å². The third kappa shape index (κ3) is 2.97. The average molecular weight is 289 g/mol. The summed E-state index contributed by atoms with van der Waals surface area (Å²) in [5, 5.41) is 10.2. The van der Waals surface area contributed by atoms with E-state index < -0.39 is 11.9 Å². The topological polar surface area (TPSA) is 46.5 Å². The van der Waals surface area contributed by atoms with Crippen molar-refractivity contribution in [1.82, 2.24) is 0 Å². The zero-order chi connectivity index (χ0) is 13.1. The number of ether oxygens (including phenoxy) is 1. The number of hydrogen-bond acceptors (Lipinski definition) is 2. The van der Waals surface area contributed by atoms with E-state index in [9.17, 15) is 9.90 Å². The van der Waals surface area contributed by atoms with E-state index in [0.29, 0.717) is 22.2 Å². The normalized spacial score (nSPS) is 21.6. The molecule has 2 rings (SSSR count). The molecule has 0 aliphatic carbocycles. The Morgan fingerprint density at radius 3 is 2.67 bits per heavy atom. The van der Waals surface area contributed by atoms with Crippen molar-refractivity contribution in [1.29, 1.82) is 0 Å². The second-order valence-electron chi connectivity index (χ2n) is 4.39. The highest BCUT2D eigenvalue weighted by molar-refractivity contribution is 6.42. The van der Waals surface area contributed by atoms with Crippen LogP contribution in [0.25, 0.3) is 0 Å². The minimum atomic E-state index is -0.889. The van der Waals surface area contributed by atoms with E-state index in [2.05, 4.69) is 0 Å². The molecule has 1 fully saturated rings. The van der Waals surface area contributed by atoms with Gasteiger partial charge >= 0.3 is 5.97 Å². The van der Waals surface area contributed by atoms with Crippen molar-refractivity contribution in [2.24, 2.45) is 0 Å². The molecular formula is C13H14Cl2O3. The number of rotatable bonds is 3. The first-order valence-electron chi connectivity index (χ1n) is 5.89. The summed E-state index contributed by atoms with van der Waals surface area (Å²) in [7, 11) is 0. The molecule has 1 unspecified atom stereocenters. The fourth-order valence-electron chi connectivity index (χ4n) is 2.25. The molecule has 1 aromatic carbocycles. The van der Waals surface area contributed by atoms with Crippen LogP contribution >= 0.6 is 23.2 Å². The van der Waals surface area contributed by atoms with E-state index in [1.54, 1.807) is 18.2 Å². The van der Waals surface area contributed by atoms with Gasteiger partial charge in [0.1, 0.15) is 5.92 Å². The molecule has 5 heteroatoms. The molecule has 98 valence electrons. The molecule has 0 radical (unpaired) electrons. The molecule has 0 bridgehead atoms. The van der Waals surface area contributed by atoms with Gasteiger partial charge in [0.05, 0.1) is 16.1 Å². The van der Waals surface area contributed by atoms with Crippen LogP contribution in [0.2, 0.25) is 10.0 Å². The molecule has 1 aromatic rings. The summed E-state index contributed by atoms with van der Waals surface area (Å²) in [6, 6.07) is 4.93. The molecule has 1 saturated heterocycles. The second kappa shape index (κ2) is 5.91. The fourth-order valence-corrected chi connectivity index (χ4v) is 2.56. The standard InChI is InChI=1S/C13H14Cl2O3/c14-9-5-4-8(7-10(9)15)12(13(16)17)11-3-1-2-6-18-11/h4-5,7,11-12H,1-3,6H2,(H,16,17)/t11?,12-/m0/s1. The number of carbonyl (C=O) groups is 1. The maximum absolute atomic E-state index is 11.4. The van der Waals surface area contributed by atoms with Crippen LogP contribution in [0.5, 0.6) is 0 Å². The summed E-state index contributed by atoms with van der Waals surface area (Å²) in [6.07, 6.45) is 2.46. The lowest BCUT2D eigenvalue weighted by Gasteiger charge is -2.28. The summed E-state index contributed by atoms with van der Waals surface area (Å²) in [4.78, 5) is 11.4. The molecule has 1 N–H and O–H groups in total. The van der Waals surface area contributed by atoms with Gasteiger partial charge in [-0.25, -0.2) is 0 Å². The van der Waals surface area contributed by atoms with Gasteiger partial charge in [0.2, 0.25) is 0 Å². The van der Waals surface area contributed by atoms with E-state index in [4.69, 9.17) is 27.9 Å². The predicted octanol–water partition coefficient (Wildman–Crippen LogP) is 3.73. The molecule has 0 spiro atoms. The molecule has 0 aromatic heterocycles. The van der Waals surface area contributed by atoms with Crippen molar-refractivity contribution >= 4 is 29.2 Å². The highest BCUT2D eigenvalue weighted by Crippen LogP contribution is 2.32. The van der Waals surface area contributed by atoms with Crippen molar-refractivity contribution < 1.29 is 14.6 Å². The number of halogens is 2. The Hall–Kier alpha value is -0.770. The Morgan fingerprint density at radius 2 is 2.11 bits per heavy atom. The van der Waals surface area contributed by atoms with Gasteiger partial charge in [0, 0.05) is 6.61 Å². The van der Waals surface area contributed by atoms with Crippen LogP contribution in [-0.2, 0) is 9.53 Å². The van der Waals surface area contributed by atoms with Crippen LogP contribution in [0.4, 0.5) is 0 Å². The van der Waals surface area contributed by atoms with Gasteiger partial charge in [-0.3, -0.25) is 4.79 Å². The lowest BCUT2D eigenvalue weighted by molar-refractivity contribution is -0.144. The largest absolute Gasteiger partial charge is 0.481 e. The minimum absolute atomic E-state index is 0.284. The first-order chi connectivity index (χ1) is 8.59. The molecule has 18 heavy (non-hydrogen) atoms. The van der Waals surface area contributed by atoms with Crippen LogP contribution in [0.15, 0.2) is 18.2 Å². The maximum Gasteiger partial charge on any atom is 0.313 e. The number of hydrogen-bond donors (Lipinski definition) is 1. The quantitative estimate of drug-likeness (QED) is 0.922. The lowest BCUT2D eigenvalue weighted by atomic mass is 9.89. The van der Waals surface area contributed by atoms with Crippen molar-refractivity contribution in [3.8, 4) is 0 Å². The highest BCUT2D eigenvalue weighted by Gasteiger charge is 2.32. The lowest BCUT2D eigenvalue weighted by Crippen LogP contribution is -2.31. The first-order valence-corrected chi connectivity index (χ1v) is 6.64. The Labute approximate surface area is 116 Å². The number of carboxylic acids is 1. The molecule has 0 saturated carbocycles. The smallest absolute Gasteiger partial charge is 0.313 e. The summed E-state index contributed by atoms with van der Waals surface area (Å²) in [5.74, 6) is -1.57. The summed E-state index contributed by atoms with van der Waals surface area (Å²) < 4.78 is 5.57. The Kier molecular flexibility index (Phi) is 4.49. The van der Waals surface area contributed by atoms with Crippen molar-refractivity contribution in [2.75, 3.05) is 6.61 Å². The number of benzene rings is 1. The molecule has 1 aliphatic rings. The van der Waals surface area contributed by atoms with Gasteiger partial charge in [-0.1, -0.05) is 29.3 Å². The monoisotopic (exact) mass is 288 g/mol. The molecule has 1 aliphatic heterocycles. The van der Waals surface area contributed by atoms with E-state index in [1.807, 2.05) is 0 Å². The van der Waals surface area contributed by atoms with Crippen LogP contribution in [0.1, 0.15) is 30.7 Å². The Balaban J connectivity index is 2.28. The zero-order valence-electron chi connectivity index (χ0n) is 9.73. The van der Waals surface area contributed by atoms with Gasteiger partial charge in [-0.05, 0) is 37.0 Å². The number of aliphatic carboxylic acids is 1. The second-order valence-corrected chi connectivity index (χ2v) is 5.21. The summed E-state index contributed by atoms with van der Waals surface area (Å²) >= 11 is 11.8. The van der Waals surface area contributed by atoms with Crippen LogP contribution < -0.4 is 0 Å². The number of carboxylic acid groups (broad SMARTS) is 1. The summed E-state index contributed by atoms with van der Waals surface area (Å²) in [5.41, 5.74) is 0.642. The molecular weight excluding hydrogens is 275 g/mol. The average Bonchev–Trinajstić information content (AvgIpc) is 2.35. The summed E-state index contributed by atoms with van der Waals surface area (Å²) in [6.45, 7) is 0.621. The van der Waals surface area contributed by atoms with Gasteiger partial charge in [-0.2, -0.15) is 0 Å². The van der Waals surface area contributed by atoms with Crippen LogP contribution in [0.3, 0.4) is 0 Å². The molecule has 3 nitrogen and oxygen atoms in total. The van der Waals surface area contributed by atoms with E-state index in [0.717, 1.165) is 19.3 Å². The molecule has 2 atom stereocenters. The Morgan fingerprint density at radius 1 is 1.33 bits per heavy atom. The highest BCUT2D eigenvalue weighted by atomic mass is 35.5. The van der Waals surface area contributed by atoms with E-state index >= 15 is 0 Å². The molecule has 1 heterocycles. The Bertz CT molecular complexity index is 442. The first kappa shape index (κ1) is 13.7. The third-order valence-electron chi connectivity index (χ3n) is 3.16. The van der Waals surface area contributed by atoms with E-state index in [-0.39, 0.29) is 6.10 Å². The third-order valence-corrected chi connectivity index (χ3v) is 3.89. The predicted molar refractivity (Wildman–Crippen MR) is 70.4 cm³/mol. The van der Waals surface area contributed by atoms with Gasteiger partial charge in [0.15, 0.2) is 0 Å². The van der Waals surface area contributed by atoms with Crippen molar-refractivity contribution in [3.05, 3.63) is 33.8 Å². The van der Waals surface area contributed by atoms with E-state index in [1.165, 1.54) is 0 Å². The van der Waals surface area contributed by atoms with Crippen LogP contribution in [-0.4, -0.2) is 23.8 Å². The maximum atomic E-state index is 11.4. The van der Waals surface area contributed by atoms with Gasteiger partial charge < -0.3 is 9.84 Å². The minimum Gasteiger partial charge on any atom is -0.481 e. The SMILES string of the molecule is O=C(O)[C@@H](c1ccc(Cl)c(Cl)c1)C1CCCCO1. The molecule has 0 amide bonds. The van der Waals surface area contributed by atoms with Gasteiger partial charge in [-0.15, -0.1) is 0 Å². The van der Waals surface area contributed by atoms with Crippen molar-refractivity contribution in [3.63, 3.8) is 0 Å².